The quantitative estimate of drug-likeness (QED) is 0.580. The highest BCUT2D eigenvalue weighted by Crippen LogP contribution is 2.32. The van der Waals surface area contributed by atoms with Crippen molar-refractivity contribution in [2.75, 3.05) is 13.7 Å². The van der Waals surface area contributed by atoms with Crippen molar-refractivity contribution in [1.82, 2.24) is 4.90 Å². The minimum absolute atomic E-state index is 0.145. The Bertz CT molecular complexity index is 446. The normalized spacial score (nSPS) is 21.6. The van der Waals surface area contributed by atoms with Gasteiger partial charge in [-0.15, -0.1) is 0 Å². The van der Waals surface area contributed by atoms with Crippen LogP contribution in [0.1, 0.15) is 48.0 Å². The molecule has 0 fully saturated rings. The molecule has 5 heteroatoms. The van der Waals surface area contributed by atoms with Gasteiger partial charge >= 0.3 is 12.1 Å². The van der Waals surface area contributed by atoms with Gasteiger partial charge in [0.2, 0.25) is 0 Å². The van der Waals surface area contributed by atoms with E-state index in [0.717, 1.165) is 5.57 Å². The van der Waals surface area contributed by atoms with Crippen molar-refractivity contribution in [2.24, 2.45) is 5.41 Å². The number of carbonyl (C=O) groups is 2. The molecule has 1 heterocycles. The molecule has 0 bridgehead atoms. The number of esters is 1. The molecule has 0 radical (unpaired) electrons. The summed E-state index contributed by atoms with van der Waals surface area (Å²) in [7, 11) is 1.35. The van der Waals surface area contributed by atoms with Crippen LogP contribution in [0.5, 0.6) is 0 Å². The zero-order valence-corrected chi connectivity index (χ0v) is 14.1. The Hall–Kier alpha value is -1.52. The minimum Gasteiger partial charge on any atom is -0.469 e. The Kier molecular flexibility index (Phi) is 5.07. The van der Waals surface area contributed by atoms with Crippen LogP contribution in [-0.4, -0.2) is 42.3 Å². The standard InChI is InChI=1S/C16H27NO4/c1-11-9-16(5,6)10-17(12(11)8-13(18)20-7)14(19)21-15(2,3)4/h9,12H,8,10H2,1-7H3. The first-order chi connectivity index (χ1) is 9.45. The monoisotopic (exact) mass is 297 g/mol. The molecule has 0 spiro atoms. The Morgan fingerprint density at radius 2 is 1.95 bits per heavy atom. The first kappa shape index (κ1) is 17.5. The van der Waals surface area contributed by atoms with Crippen molar-refractivity contribution < 1.29 is 19.1 Å². The maximum atomic E-state index is 12.5. The number of hydrogen-bond donors (Lipinski definition) is 0. The molecule has 1 aliphatic rings. The second kappa shape index (κ2) is 6.08. The SMILES string of the molecule is COC(=O)CC1C(C)=CC(C)(C)CN1C(=O)OC(C)(C)C. The molecular weight excluding hydrogens is 270 g/mol. The summed E-state index contributed by atoms with van der Waals surface area (Å²) in [4.78, 5) is 25.7. The van der Waals surface area contributed by atoms with E-state index >= 15 is 0 Å². The number of ether oxygens (including phenoxy) is 2. The summed E-state index contributed by atoms with van der Waals surface area (Å²) in [5.41, 5.74) is 0.280. The Morgan fingerprint density at radius 3 is 2.43 bits per heavy atom. The number of hydrogen-bond acceptors (Lipinski definition) is 4. The van der Waals surface area contributed by atoms with E-state index in [4.69, 9.17) is 9.47 Å². The number of rotatable bonds is 2. The predicted octanol–water partition coefficient (Wildman–Crippen LogP) is 3.14. The van der Waals surface area contributed by atoms with Gasteiger partial charge in [-0.05, 0) is 27.7 Å². The summed E-state index contributed by atoms with van der Waals surface area (Å²) < 4.78 is 10.2. The second-order valence-electron chi connectivity index (χ2n) is 7.28. The van der Waals surface area contributed by atoms with E-state index in [1.165, 1.54) is 7.11 Å². The van der Waals surface area contributed by atoms with Crippen molar-refractivity contribution in [3.8, 4) is 0 Å². The highest BCUT2D eigenvalue weighted by Gasteiger charge is 2.38. The maximum absolute atomic E-state index is 12.5. The molecule has 0 aromatic heterocycles. The third kappa shape index (κ3) is 5.06. The van der Waals surface area contributed by atoms with Gasteiger partial charge in [0.1, 0.15) is 5.60 Å². The van der Waals surface area contributed by atoms with E-state index in [1.807, 2.05) is 27.7 Å². The van der Waals surface area contributed by atoms with Gasteiger partial charge in [-0.3, -0.25) is 4.79 Å². The molecule has 0 aliphatic carbocycles. The van der Waals surface area contributed by atoms with Crippen molar-refractivity contribution in [3.05, 3.63) is 11.6 Å². The lowest BCUT2D eigenvalue weighted by atomic mass is 9.83. The third-order valence-corrected chi connectivity index (χ3v) is 3.31. The van der Waals surface area contributed by atoms with Crippen LogP contribution in [0.4, 0.5) is 4.79 Å². The van der Waals surface area contributed by atoms with Gasteiger partial charge in [-0.2, -0.15) is 0 Å². The topological polar surface area (TPSA) is 55.8 Å². The molecule has 1 aliphatic heterocycles. The van der Waals surface area contributed by atoms with Gasteiger partial charge in [0.05, 0.1) is 19.6 Å². The van der Waals surface area contributed by atoms with E-state index < -0.39 is 11.7 Å². The van der Waals surface area contributed by atoms with Crippen LogP contribution in [0.25, 0.3) is 0 Å². The molecule has 1 amide bonds. The zero-order valence-electron chi connectivity index (χ0n) is 14.1. The van der Waals surface area contributed by atoms with Crippen LogP contribution in [0, 0.1) is 5.41 Å². The zero-order chi connectivity index (χ0) is 16.4. The summed E-state index contributed by atoms with van der Waals surface area (Å²) in [6.45, 7) is 12.1. The average molecular weight is 297 g/mol. The molecule has 120 valence electrons. The lowest BCUT2D eigenvalue weighted by Crippen LogP contribution is -2.51. The van der Waals surface area contributed by atoms with Crippen LogP contribution in [-0.2, 0) is 14.3 Å². The van der Waals surface area contributed by atoms with Crippen LogP contribution < -0.4 is 0 Å². The van der Waals surface area contributed by atoms with Gasteiger partial charge in [-0.1, -0.05) is 25.5 Å². The van der Waals surface area contributed by atoms with Crippen LogP contribution in [0.2, 0.25) is 0 Å². The minimum atomic E-state index is -0.563. The molecule has 21 heavy (non-hydrogen) atoms. The molecule has 0 aromatic rings. The molecule has 0 saturated heterocycles. The highest BCUT2D eigenvalue weighted by molar-refractivity contribution is 5.74. The fraction of sp³-hybridized carbons (Fsp3) is 0.750. The number of amides is 1. The molecule has 0 N–H and O–H groups in total. The molecular formula is C16H27NO4. The van der Waals surface area contributed by atoms with E-state index in [0.29, 0.717) is 6.54 Å². The number of carbonyl (C=O) groups excluding carboxylic acids is 2. The van der Waals surface area contributed by atoms with E-state index in [-0.39, 0.29) is 23.8 Å². The van der Waals surface area contributed by atoms with Gasteiger partial charge < -0.3 is 14.4 Å². The summed E-state index contributed by atoms with van der Waals surface area (Å²) >= 11 is 0. The van der Waals surface area contributed by atoms with Crippen molar-refractivity contribution >= 4 is 12.1 Å². The Balaban J connectivity index is 3.03. The maximum Gasteiger partial charge on any atom is 0.410 e. The number of nitrogens with zero attached hydrogens (tertiary/aromatic N) is 1. The third-order valence-electron chi connectivity index (χ3n) is 3.31. The fourth-order valence-electron chi connectivity index (χ4n) is 2.58. The molecule has 0 saturated carbocycles. The first-order valence-electron chi connectivity index (χ1n) is 7.21. The van der Waals surface area contributed by atoms with Crippen molar-refractivity contribution in [3.63, 3.8) is 0 Å². The molecule has 1 rings (SSSR count). The number of methoxy groups -OCH3 is 1. The average Bonchev–Trinajstić information content (AvgIpc) is 2.28. The fourth-order valence-corrected chi connectivity index (χ4v) is 2.58. The van der Waals surface area contributed by atoms with E-state index in [1.54, 1.807) is 4.90 Å². The largest absolute Gasteiger partial charge is 0.469 e. The first-order valence-corrected chi connectivity index (χ1v) is 7.21. The molecule has 1 unspecified atom stereocenters. The summed E-state index contributed by atoms with van der Waals surface area (Å²) in [5.74, 6) is -0.332. The summed E-state index contributed by atoms with van der Waals surface area (Å²) in [6.07, 6.45) is 1.87. The smallest absolute Gasteiger partial charge is 0.410 e. The Morgan fingerprint density at radius 1 is 1.38 bits per heavy atom. The van der Waals surface area contributed by atoms with Crippen molar-refractivity contribution in [1.29, 1.82) is 0 Å². The van der Waals surface area contributed by atoms with Gasteiger partial charge in [0, 0.05) is 12.0 Å². The lowest BCUT2D eigenvalue weighted by Gasteiger charge is -2.42. The predicted molar refractivity (Wildman–Crippen MR) is 80.9 cm³/mol. The van der Waals surface area contributed by atoms with Gasteiger partial charge in [0.15, 0.2) is 0 Å². The molecule has 5 nitrogen and oxygen atoms in total. The summed E-state index contributed by atoms with van der Waals surface area (Å²) in [6, 6.07) is -0.305. The summed E-state index contributed by atoms with van der Waals surface area (Å²) in [5, 5.41) is 0. The van der Waals surface area contributed by atoms with Gasteiger partial charge in [-0.25, -0.2) is 4.79 Å². The second-order valence-corrected chi connectivity index (χ2v) is 7.28. The van der Waals surface area contributed by atoms with E-state index in [2.05, 4.69) is 19.9 Å². The Labute approximate surface area is 127 Å². The van der Waals surface area contributed by atoms with Crippen molar-refractivity contribution in [2.45, 2.75) is 59.6 Å². The van der Waals surface area contributed by atoms with Crippen LogP contribution >= 0.6 is 0 Å². The lowest BCUT2D eigenvalue weighted by molar-refractivity contribution is -0.141. The highest BCUT2D eigenvalue weighted by atomic mass is 16.6. The van der Waals surface area contributed by atoms with Crippen LogP contribution in [0.15, 0.2) is 11.6 Å². The molecule has 0 aromatic carbocycles. The van der Waals surface area contributed by atoms with Gasteiger partial charge in [0.25, 0.3) is 0 Å². The van der Waals surface area contributed by atoms with Crippen LogP contribution in [0.3, 0.4) is 0 Å². The van der Waals surface area contributed by atoms with E-state index in [9.17, 15) is 9.59 Å². The molecule has 1 atom stereocenters.